The number of benzene rings is 1. The number of hydrogen-bond acceptors (Lipinski definition) is 5. The van der Waals surface area contributed by atoms with Crippen LogP contribution in [-0.4, -0.2) is 43.3 Å². The van der Waals surface area contributed by atoms with Gasteiger partial charge in [-0.2, -0.15) is 4.31 Å². The summed E-state index contributed by atoms with van der Waals surface area (Å²) in [6.45, 7) is 0.578. The predicted molar refractivity (Wildman–Crippen MR) is 105 cm³/mol. The monoisotopic (exact) mass is 401 g/mol. The summed E-state index contributed by atoms with van der Waals surface area (Å²) in [5, 5.41) is 2.68. The lowest BCUT2D eigenvalue weighted by molar-refractivity contribution is 0.102. The highest BCUT2D eigenvalue weighted by atomic mass is 32.2. The molecule has 3 aliphatic rings. The van der Waals surface area contributed by atoms with Crippen LogP contribution in [0.1, 0.15) is 36.0 Å². The molecule has 148 valence electrons. The second kappa shape index (κ2) is 7.52. The van der Waals surface area contributed by atoms with Crippen molar-refractivity contribution in [2.45, 2.75) is 36.6 Å². The van der Waals surface area contributed by atoms with Crippen LogP contribution in [0, 0.1) is 5.92 Å². The zero-order valence-corrected chi connectivity index (χ0v) is 16.5. The van der Waals surface area contributed by atoms with Crippen LogP contribution in [0.2, 0.25) is 0 Å². The van der Waals surface area contributed by atoms with E-state index in [0.717, 1.165) is 25.7 Å². The smallest absolute Gasteiger partial charge is 0.256 e. The molecular formula is C20H23N3O4S. The molecule has 28 heavy (non-hydrogen) atoms. The maximum absolute atomic E-state index is 13.2. The fourth-order valence-corrected chi connectivity index (χ4v) is 5.88. The van der Waals surface area contributed by atoms with Gasteiger partial charge in [0.15, 0.2) is 11.6 Å². The van der Waals surface area contributed by atoms with E-state index in [2.05, 4.69) is 10.3 Å². The van der Waals surface area contributed by atoms with E-state index in [-0.39, 0.29) is 22.3 Å². The van der Waals surface area contributed by atoms with Gasteiger partial charge in [-0.25, -0.2) is 13.4 Å². The third-order valence-electron chi connectivity index (χ3n) is 5.59. The van der Waals surface area contributed by atoms with Crippen molar-refractivity contribution in [2.75, 3.05) is 19.0 Å². The Labute approximate surface area is 164 Å². The first kappa shape index (κ1) is 18.9. The van der Waals surface area contributed by atoms with Gasteiger partial charge >= 0.3 is 0 Å². The molecule has 0 unspecified atom stereocenters. The van der Waals surface area contributed by atoms with E-state index in [1.54, 1.807) is 40.8 Å². The number of nitrogens with zero attached hydrogens (tertiary/aromatic N) is 2. The number of amides is 1. The molecular weight excluding hydrogens is 378 g/mol. The number of ether oxygens (including phenoxy) is 1. The van der Waals surface area contributed by atoms with Gasteiger partial charge in [-0.3, -0.25) is 4.79 Å². The number of pyridine rings is 1. The molecule has 0 atom stereocenters. The summed E-state index contributed by atoms with van der Waals surface area (Å²) in [5.41, 5.74) is 0.260. The van der Waals surface area contributed by atoms with E-state index in [0.29, 0.717) is 18.2 Å². The largest absolute Gasteiger partial charge is 0.493 e. The lowest BCUT2D eigenvalue weighted by Crippen LogP contribution is -2.50. The molecule has 2 aromatic rings. The van der Waals surface area contributed by atoms with Gasteiger partial charge in [0.25, 0.3) is 5.91 Å². The molecule has 0 spiro atoms. The number of nitrogens with one attached hydrogen (secondary N) is 1. The Balaban J connectivity index is 1.58. The van der Waals surface area contributed by atoms with Crippen LogP contribution >= 0.6 is 0 Å². The SMILES string of the molecule is COc1cccnc1NC(=O)c1cccc(S(=O)(=O)N2CC3CCC2CC3)c1. The summed E-state index contributed by atoms with van der Waals surface area (Å²) < 4.78 is 33.2. The van der Waals surface area contributed by atoms with Crippen LogP contribution in [0.4, 0.5) is 5.82 Å². The highest BCUT2D eigenvalue weighted by Gasteiger charge is 2.40. The Hall–Kier alpha value is -2.45. The number of carbonyl (C=O) groups is 1. The zero-order valence-electron chi connectivity index (χ0n) is 15.7. The van der Waals surface area contributed by atoms with Crippen molar-refractivity contribution in [3.05, 3.63) is 48.2 Å². The molecule has 1 aromatic heterocycles. The normalized spacial score (nSPS) is 22.0. The van der Waals surface area contributed by atoms with Gasteiger partial charge in [0, 0.05) is 24.3 Å². The molecule has 2 aliphatic heterocycles. The molecule has 8 heteroatoms. The predicted octanol–water partition coefficient (Wildman–Crippen LogP) is 2.91. The van der Waals surface area contributed by atoms with Gasteiger partial charge in [-0.05, 0) is 61.9 Å². The van der Waals surface area contributed by atoms with Crippen LogP contribution in [0.25, 0.3) is 0 Å². The third-order valence-corrected chi connectivity index (χ3v) is 7.50. The number of piperidine rings is 2. The summed E-state index contributed by atoms with van der Waals surface area (Å²) in [4.78, 5) is 16.9. The van der Waals surface area contributed by atoms with Crippen molar-refractivity contribution < 1.29 is 17.9 Å². The van der Waals surface area contributed by atoms with Crippen LogP contribution in [0.5, 0.6) is 5.75 Å². The summed E-state index contributed by atoms with van der Waals surface area (Å²) in [5.74, 6) is 0.734. The molecule has 2 bridgehead atoms. The Bertz CT molecular complexity index is 984. The number of anilines is 1. The fourth-order valence-electron chi connectivity index (χ4n) is 4.08. The van der Waals surface area contributed by atoms with E-state index in [1.165, 1.54) is 13.2 Å². The van der Waals surface area contributed by atoms with Gasteiger partial charge in [-0.1, -0.05) is 6.07 Å². The third kappa shape index (κ3) is 3.49. The first-order valence-electron chi connectivity index (χ1n) is 9.41. The Kier molecular flexibility index (Phi) is 5.07. The average Bonchev–Trinajstić information content (AvgIpc) is 2.75. The number of aromatic nitrogens is 1. The van der Waals surface area contributed by atoms with Gasteiger partial charge in [0.05, 0.1) is 12.0 Å². The molecule has 1 aliphatic carbocycles. The molecule has 3 heterocycles. The maximum atomic E-state index is 13.2. The molecule has 1 aromatic carbocycles. The lowest BCUT2D eigenvalue weighted by atomic mass is 9.82. The first-order valence-corrected chi connectivity index (χ1v) is 10.9. The summed E-state index contributed by atoms with van der Waals surface area (Å²) in [7, 11) is -2.13. The van der Waals surface area contributed by atoms with Crippen LogP contribution in [-0.2, 0) is 10.0 Å². The van der Waals surface area contributed by atoms with Crippen molar-refractivity contribution in [2.24, 2.45) is 5.92 Å². The minimum Gasteiger partial charge on any atom is -0.493 e. The summed E-state index contributed by atoms with van der Waals surface area (Å²) in [6, 6.07) is 9.64. The van der Waals surface area contributed by atoms with Crippen LogP contribution < -0.4 is 10.1 Å². The van der Waals surface area contributed by atoms with Crippen molar-refractivity contribution in [3.63, 3.8) is 0 Å². The number of rotatable bonds is 5. The van der Waals surface area contributed by atoms with Crippen LogP contribution in [0.15, 0.2) is 47.5 Å². The highest BCUT2D eigenvalue weighted by Crippen LogP contribution is 2.38. The lowest BCUT2D eigenvalue weighted by Gasteiger charge is -2.44. The quantitative estimate of drug-likeness (QED) is 0.832. The molecule has 1 amide bonds. The zero-order chi connectivity index (χ0) is 19.7. The van der Waals surface area contributed by atoms with Crippen molar-refractivity contribution >= 4 is 21.7 Å². The molecule has 1 saturated carbocycles. The number of methoxy groups -OCH3 is 1. The second-order valence-corrected chi connectivity index (χ2v) is 9.18. The summed E-state index contributed by atoms with van der Waals surface area (Å²) >= 11 is 0. The summed E-state index contributed by atoms with van der Waals surface area (Å²) in [6.07, 6.45) is 5.59. The molecule has 0 radical (unpaired) electrons. The van der Waals surface area contributed by atoms with E-state index in [1.807, 2.05) is 0 Å². The topological polar surface area (TPSA) is 88.6 Å². The van der Waals surface area contributed by atoms with Crippen molar-refractivity contribution in [3.8, 4) is 5.75 Å². The first-order chi connectivity index (χ1) is 13.5. The van der Waals surface area contributed by atoms with Crippen molar-refractivity contribution in [1.29, 1.82) is 0 Å². The molecule has 7 nitrogen and oxygen atoms in total. The van der Waals surface area contributed by atoms with Gasteiger partial charge in [0.1, 0.15) is 0 Å². The fraction of sp³-hybridized carbons (Fsp3) is 0.400. The molecule has 5 rings (SSSR count). The number of carbonyl (C=O) groups excluding carboxylic acids is 1. The molecule has 1 N–H and O–H groups in total. The minimum atomic E-state index is -3.62. The van der Waals surface area contributed by atoms with E-state index in [4.69, 9.17) is 4.74 Å². The Morgan fingerprint density at radius 2 is 1.96 bits per heavy atom. The Morgan fingerprint density at radius 3 is 2.64 bits per heavy atom. The molecule has 3 fully saturated rings. The van der Waals surface area contributed by atoms with E-state index in [9.17, 15) is 13.2 Å². The van der Waals surface area contributed by atoms with E-state index < -0.39 is 15.9 Å². The van der Waals surface area contributed by atoms with E-state index >= 15 is 0 Å². The maximum Gasteiger partial charge on any atom is 0.256 e. The van der Waals surface area contributed by atoms with Gasteiger partial charge in [0.2, 0.25) is 10.0 Å². The number of hydrogen-bond donors (Lipinski definition) is 1. The van der Waals surface area contributed by atoms with Crippen molar-refractivity contribution in [1.82, 2.24) is 9.29 Å². The Morgan fingerprint density at radius 1 is 1.18 bits per heavy atom. The standard InChI is InChI=1S/C20H23N3O4S/c1-27-18-6-3-11-21-19(18)22-20(24)15-4-2-5-17(12-15)28(25,26)23-13-14-7-9-16(23)10-8-14/h2-6,11-12,14,16H,7-10,13H2,1H3,(H,21,22,24). The highest BCUT2D eigenvalue weighted by molar-refractivity contribution is 7.89. The second-order valence-electron chi connectivity index (χ2n) is 7.29. The van der Waals surface area contributed by atoms with Crippen LogP contribution in [0.3, 0.4) is 0 Å². The number of sulfonamides is 1. The minimum absolute atomic E-state index is 0.0743. The van der Waals surface area contributed by atoms with Gasteiger partial charge in [-0.15, -0.1) is 0 Å². The number of fused-ring (bicyclic) bond motifs is 3. The molecule has 2 saturated heterocycles. The van der Waals surface area contributed by atoms with Gasteiger partial charge < -0.3 is 10.1 Å². The average molecular weight is 401 g/mol.